The van der Waals surface area contributed by atoms with Gasteiger partial charge >= 0.3 is 6.18 Å². The molecule has 6 heteroatoms. The van der Waals surface area contributed by atoms with Crippen LogP contribution in [-0.2, 0) is 17.5 Å². The summed E-state index contributed by atoms with van der Waals surface area (Å²) >= 11 is 0. The third kappa shape index (κ3) is 3.05. The Kier molecular flexibility index (Phi) is 3.65. The van der Waals surface area contributed by atoms with Crippen LogP contribution in [0.4, 0.5) is 13.2 Å². The fourth-order valence-corrected chi connectivity index (χ4v) is 2.59. The second-order valence-electron chi connectivity index (χ2n) is 5.71. The van der Waals surface area contributed by atoms with Crippen LogP contribution in [0.5, 0.6) is 0 Å². The molecule has 21 heavy (non-hydrogen) atoms. The number of amides is 1. The molecule has 0 radical (unpaired) electrons. The zero-order valence-corrected chi connectivity index (χ0v) is 11.5. The molecular weight excluding hydrogens is 281 g/mol. The number of benzene rings is 1. The van der Waals surface area contributed by atoms with Crippen molar-refractivity contribution in [1.29, 1.82) is 0 Å². The molecule has 0 aromatic heterocycles. The van der Waals surface area contributed by atoms with E-state index in [4.69, 9.17) is 0 Å². The molecule has 1 N–H and O–H groups in total. The molecule has 1 saturated heterocycles. The molecule has 2 fully saturated rings. The summed E-state index contributed by atoms with van der Waals surface area (Å²) in [4.78, 5) is 14.0. The van der Waals surface area contributed by atoms with Crippen molar-refractivity contribution in [3.63, 3.8) is 0 Å². The van der Waals surface area contributed by atoms with Crippen LogP contribution in [0.1, 0.15) is 24.0 Å². The summed E-state index contributed by atoms with van der Waals surface area (Å²) in [7, 11) is 0. The van der Waals surface area contributed by atoms with E-state index in [0.29, 0.717) is 13.1 Å². The first kappa shape index (κ1) is 14.4. The number of carbonyl (C=O) groups excluding carboxylic acids is 1. The van der Waals surface area contributed by atoms with Gasteiger partial charge in [0.2, 0.25) is 5.91 Å². The number of halogens is 3. The Hall–Kier alpha value is -1.56. The van der Waals surface area contributed by atoms with Gasteiger partial charge in [-0.05, 0) is 24.5 Å². The standard InChI is InChI=1S/C15H17F3N2O/c16-15(17,18)13-4-2-1-3-10(13)9-20(12-5-6-12)14(21)11-7-19-8-11/h1-4,11-12,19H,5-9H2. The van der Waals surface area contributed by atoms with Gasteiger partial charge < -0.3 is 10.2 Å². The first-order chi connectivity index (χ1) is 9.97. The maximum Gasteiger partial charge on any atom is 0.416 e. The third-order valence-corrected chi connectivity index (χ3v) is 4.06. The first-order valence-electron chi connectivity index (χ1n) is 7.13. The maximum atomic E-state index is 13.0. The Morgan fingerprint density at radius 1 is 1.24 bits per heavy atom. The van der Waals surface area contributed by atoms with Crippen LogP contribution in [0.2, 0.25) is 0 Å². The third-order valence-electron chi connectivity index (χ3n) is 4.06. The topological polar surface area (TPSA) is 32.3 Å². The van der Waals surface area contributed by atoms with E-state index in [-0.39, 0.29) is 30.0 Å². The highest BCUT2D eigenvalue weighted by atomic mass is 19.4. The van der Waals surface area contributed by atoms with E-state index in [1.165, 1.54) is 12.1 Å². The van der Waals surface area contributed by atoms with Gasteiger partial charge in [-0.25, -0.2) is 0 Å². The molecule has 0 unspecified atom stereocenters. The van der Waals surface area contributed by atoms with E-state index in [1.807, 2.05) is 0 Å². The van der Waals surface area contributed by atoms with Crippen molar-refractivity contribution in [3.8, 4) is 0 Å². The number of nitrogens with one attached hydrogen (secondary N) is 1. The molecule has 3 nitrogen and oxygen atoms in total. The van der Waals surface area contributed by atoms with Gasteiger partial charge in [-0.2, -0.15) is 13.2 Å². The van der Waals surface area contributed by atoms with E-state index in [2.05, 4.69) is 5.32 Å². The highest BCUT2D eigenvalue weighted by Crippen LogP contribution is 2.35. The molecule has 1 amide bonds. The lowest BCUT2D eigenvalue weighted by Gasteiger charge is -2.33. The summed E-state index contributed by atoms with van der Waals surface area (Å²) < 4.78 is 39.1. The summed E-state index contributed by atoms with van der Waals surface area (Å²) in [5, 5.41) is 3.03. The highest BCUT2D eigenvalue weighted by molar-refractivity contribution is 5.81. The fourth-order valence-electron chi connectivity index (χ4n) is 2.59. The minimum Gasteiger partial charge on any atom is -0.335 e. The average molecular weight is 298 g/mol. The van der Waals surface area contributed by atoms with Crippen LogP contribution in [0.3, 0.4) is 0 Å². The number of hydrogen-bond donors (Lipinski definition) is 1. The van der Waals surface area contributed by atoms with Gasteiger partial charge in [-0.15, -0.1) is 0 Å². The second-order valence-corrected chi connectivity index (χ2v) is 5.71. The zero-order valence-electron chi connectivity index (χ0n) is 11.5. The minimum atomic E-state index is -4.38. The van der Waals surface area contributed by atoms with E-state index in [0.717, 1.165) is 18.9 Å². The van der Waals surface area contributed by atoms with Crippen molar-refractivity contribution in [2.75, 3.05) is 13.1 Å². The summed E-state index contributed by atoms with van der Waals surface area (Å²) in [5.74, 6) is -0.100. The Morgan fingerprint density at radius 2 is 1.90 bits per heavy atom. The van der Waals surface area contributed by atoms with E-state index in [9.17, 15) is 18.0 Å². The van der Waals surface area contributed by atoms with Gasteiger partial charge in [0.05, 0.1) is 11.5 Å². The molecule has 1 aromatic rings. The molecule has 1 heterocycles. The van der Waals surface area contributed by atoms with Crippen molar-refractivity contribution < 1.29 is 18.0 Å². The lowest BCUT2D eigenvalue weighted by molar-refractivity contribution is -0.142. The average Bonchev–Trinajstić information content (AvgIpc) is 3.17. The maximum absolute atomic E-state index is 13.0. The van der Waals surface area contributed by atoms with Crippen LogP contribution in [0, 0.1) is 5.92 Å². The Labute approximate surface area is 121 Å². The Morgan fingerprint density at radius 3 is 2.43 bits per heavy atom. The summed E-state index contributed by atoms with van der Waals surface area (Å²) in [6.07, 6.45) is -2.60. The van der Waals surface area contributed by atoms with Crippen molar-refractivity contribution in [2.24, 2.45) is 5.92 Å². The van der Waals surface area contributed by atoms with Gasteiger partial charge in [0.1, 0.15) is 0 Å². The monoisotopic (exact) mass is 298 g/mol. The molecule has 0 spiro atoms. The highest BCUT2D eigenvalue weighted by Gasteiger charge is 2.39. The van der Waals surface area contributed by atoms with Crippen molar-refractivity contribution in [1.82, 2.24) is 10.2 Å². The second kappa shape index (κ2) is 5.33. The molecule has 1 aliphatic heterocycles. The van der Waals surface area contributed by atoms with Gasteiger partial charge in [0.25, 0.3) is 0 Å². The van der Waals surface area contributed by atoms with Gasteiger partial charge in [0.15, 0.2) is 0 Å². The van der Waals surface area contributed by atoms with Gasteiger partial charge in [-0.1, -0.05) is 18.2 Å². The van der Waals surface area contributed by atoms with Crippen molar-refractivity contribution >= 4 is 5.91 Å². The van der Waals surface area contributed by atoms with Crippen molar-refractivity contribution in [3.05, 3.63) is 35.4 Å². The lowest BCUT2D eigenvalue weighted by Crippen LogP contribution is -2.52. The molecule has 2 aliphatic rings. The van der Waals surface area contributed by atoms with Gasteiger partial charge in [0, 0.05) is 25.7 Å². The predicted octanol–water partition coefficient (Wildman–Crippen LogP) is 2.42. The Balaban J connectivity index is 1.81. The number of nitrogens with zero attached hydrogens (tertiary/aromatic N) is 1. The number of carbonyl (C=O) groups is 1. The molecule has 1 saturated carbocycles. The number of alkyl halides is 3. The number of rotatable bonds is 4. The SMILES string of the molecule is O=C(C1CNC1)N(Cc1ccccc1C(F)(F)F)C1CC1. The fraction of sp³-hybridized carbons (Fsp3) is 0.533. The summed E-state index contributed by atoms with van der Waals surface area (Å²) in [6, 6.07) is 5.62. The van der Waals surface area contributed by atoms with Crippen LogP contribution in [-0.4, -0.2) is 29.9 Å². The summed E-state index contributed by atoms with van der Waals surface area (Å²) in [6.45, 7) is 1.31. The predicted molar refractivity (Wildman–Crippen MR) is 71.4 cm³/mol. The van der Waals surface area contributed by atoms with E-state index < -0.39 is 11.7 Å². The van der Waals surface area contributed by atoms with Crippen LogP contribution in [0.15, 0.2) is 24.3 Å². The lowest BCUT2D eigenvalue weighted by atomic mass is 10.0. The molecule has 0 atom stereocenters. The summed E-state index contributed by atoms with van der Waals surface area (Å²) in [5.41, 5.74) is -0.465. The van der Waals surface area contributed by atoms with E-state index >= 15 is 0 Å². The quantitative estimate of drug-likeness (QED) is 0.926. The minimum absolute atomic E-state index is 0.0202. The molecule has 114 valence electrons. The normalized spacial score (nSPS) is 19.2. The Bertz CT molecular complexity index is 536. The number of hydrogen-bond acceptors (Lipinski definition) is 2. The molecule has 1 aromatic carbocycles. The van der Waals surface area contributed by atoms with Gasteiger partial charge in [-0.3, -0.25) is 4.79 Å². The van der Waals surface area contributed by atoms with Crippen LogP contribution < -0.4 is 5.32 Å². The van der Waals surface area contributed by atoms with Crippen LogP contribution in [0.25, 0.3) is 0 Å². The molecule has 3 rings (SSSR count). The largest absolute Gasteiger partial charge is 0.416 e. The zero-order chi connectivity index (χ0) is 15.0. The first-order valence-corrected chi connectivity index (χ1v) is 7.13. The molecule has 1 aliphatic carbocycles. The van der Waals surface area contributed by atoms with E-state index in [1.54, 1.807) is 11.0 Å². The van der Waals surface area contributed by atoms with Crippen molar-refractivity contribution in [2.45, 2.75) is 31.6 Å². The smallest absolute Gasteiger partial charge is 0.335 e. The molecule has 0 bridgehead atoms. The molecular formula is C15H17F3N2O. The van der Waals surface area contributed by atoms with Crippen LogP contribution >= 0.6 is 0 Å².